The highest BCUT2D eigenvalue weighted by atomic mass is 79.9. The monoisotopic (exact) mass is 327 g/mol. The van der Waals surface area contributed by atoms with Crippen LogP contribution in [0.5, 0.6) is 0 Å². The molecule has 1 aliphatic rings. The fourth-order valence-electron chi connectivity index (χ4n) is 2.53. The van der Waals surface area contributed by atoms with Gasteiger partial charge < -0.3 is 15.2 Å². The Kier molecular flexibility index (Phi) is 4.29. The zero-order valence-corrected chi connectivity index (χ0v) is 12.5. The molecule has 1 aliphatic heterocycles. The summed E-state index contributed by atoms with van der Waals surface area (Å²) < 4.78 is 2.79. The molecule has 19 heavy (non-hydrogen) atoms. The Morgan fingerprint density at radius 2 is 2.26 bits per heavy atom. The third-order valence-electron chi connectivity index (χ3n) is 3.39. The predicted molar refractivity (Wildman–Crippen MR) is 75.7 cm³/mol. The summed E-state index contributed by atoms with van der Waals surface area (Å²) in [5.41, 5.74) is 5.97. The van der Waals surface area contributed by atoms with Gasteiger partial charge in [0, 0.05) is 23.8 Å². The first-order chi connectivity index (χ1) is 9.04. The Hall–Kier alpha value is -1.30. The molecule has 0 saturated carbocycles. The average molecular weight is 328 g/mol. The van der Waals surface area contributed by atoms with E-state index in [4.69, 9.17) is 5.73 Å². The lowest BCUT2D eigenvalue weighted by atomic mass is 10.2. The second-order valence-electron chi connectivity index (χ2n) is 4.80. The van der Waals surface area contributed by atoms with Crippen LogP contribution in [-0.2, 0) is 11.3 Å². The fraction of sp³-hybridized carbons (Fsp3) is 0.538. The third-order valence-corrected chi connectivity index (χ3v) is 3.82. The van der Waals surface area contributed by atoms with Gasteiger partial charge in [-0.1, -0.05) is 6.92 Å². The summed E-state index contributed by atoms with van der Waals surface area (Å²) in [5, 5.41) is 0. The molecule has 1 aromatic heterocycles. The molecule has 2 heterocycles. The predicted octanol–water partition coefficient (Wildman–Crippen LogP) is 1.75. The molecule has 1 fully saturated rings. The Bertz CT molecular complexity index is 498. The van der Waals surface area contributed by atoms with Gasteiger partial charge >= 0.3 is 0 Å². The number of rotatable bonds is 4. The van der Waals surface area contributed by atoms with Crippen LogP contribution < -0.4 is 5.73 Å². The number of hydrogen-bond acceptors (Lipinski definition) is 2. The van der Waals surface area contributed by atoms with E-state index in [2.05, 4.69) is 22.9 Å². The van der Waals surface area contributed by atoms with E-state index >= 15 is 0 Å². The second kappa shape index (κ2) is 5.77. The van der Waals surface area contributed by atoms with Gasteiger partial charge in [-0.25, -0.2) is 0 Å². The van der Waals surface area contributed by atoms with E-state index in [0.29, 0.717) is 18.7 Å². The Labute approximate surface area is 120 Å². The smallest absolute Gasteiger partial charge is 0.271 e. The number of likely N-dealkylation sites (tertiary alicyclic amines) is 1. The molecule has 1 unspecified atom stereocenters. The van der Waals surface area contributed by atoms with Gasteiger partial charge in [-0.15, -0.1) is 0 Å². The van der Waals surface area contributed by atoms with E-state index in [1.807, 2.05) is 10.8 Å². The van der Waals surface area contributed by atoms with Crippen LogP contribution in [-0.4, -0.2) is 33.9 Å². The molecule has 0 aromatic carbocycles. The largest absolute Gasteiger partial charge is 0.368 e. The van der Waals surface area contributed by atoms with Crippen LogP contribution in [0.3, 0.4) is 0 Å². The van der Waals surface area contributed by atoms with Crippen LogP contribution in [0.15, 0.2) is 16.7 Å². The molecule has 0 aliphatic carbocycles. The summed E-state index contributed by atoms with van der Waals surface area (Å²) in [6.45, 7) is 3.44. The maximum absolute atomic E-state index is 12.5. The maximum atomic E-state index is 12.5. The number of nitrogens with zero attached hydrogens (tertiary/aromatic N) is 2. The summed E-state index contributed by atoms with van der Waals surface area (Å²) in [5.74, 6) is -0.529. The molecular weight excluding hydrogens is 310 g/mol. The van der Waals surface area contributed by atoms with E-state index in [-0.39, 0.29) is 5.91 Å². The molecule has 2 N–H and O–H groups in total. The topological polar surface area (TPSA) is 68.3 Å². The van der Waals surface area contributed by atoms with Gasteiger partial charge in [-0.2, -0.15) is 0 Å². The van der Waals surface area contributed by atoms with Gasteiger partial charge in [0.25, 0.3) is 5.91 Å². The van der Waals surface area contributed by atoms with Gasteiger partial charge in [-0.05, 0) is 41.3 Å². The van der Waals surface area contributed by atoms with Crippen molar-refractivity contribution < 1.29 is 9.59 Å². The van der Waals surface area contributed by atoms with Crippen LogP contribution in [0.2, 0.25) is 0 Å². The molecule has 0 spiro atoms. The van der Waals surface area contributed by atoms with E-state index in [9.17, 15) is 9.59 Å². The minimum absolute atomic E-state index is 0.111. The zero-order chi connectivity index (χ0) is 14.0. The standard InChI is InChI=1S/C13H18BrN3O2/c1-2-5-16-8-9(14)7-11(16)13(19)17-6-3-4-10(17)12(15)18/h7-8,10H,2-6H2,1H3,(H2,15,18). The van der Waals surface area contributed by atoms with Crippen LogP contribution in [0.1, 0.15) is 36.7 Å². The number of carbonyl (C=O) groups is 2. The van der Waals surface area contributed by atoms with Crippen molar-refractivity contribution in [1.29, 1.82) is 0 Å². The number of amides is 2. The van der Waals surface area contributed by atoms with Crippen molar-refractivity contribution in [2.75, 3.05) is 6.54 Å². The third kappa shape index (κ3) is 2.83. The van der Waals surface area contributed by atoms with Crippen molar-refractivity contribution in [3.63, 3.8) is 0 Å². The van der Waals surface area contributed by atoms with Crippen molar-refractivity contribution in [3.05, 3.63) is 22.4 Å². The summed E-state index contributed by atoms with van der Waals surface area (Å²) >= 11 is 3.39. The van der Waals surface area contributed by atoms with E-state index in [1.54, 1.807) is 11.0 Å². The van der Waals surface area contributed by atoms with Crippen molar-refractivity contribution in [2.45, 2.75) is 38.8 Å². The lowest BCUT2D eigenvalue weighted by molar-refractivity contribution is -0.121. The first kappa shape index (κ1) is 14.1. The van der Waals surface area contributed by atoms with Gasteiger partial charge in [0.1, 0.15) is 11.7 Å². The van der Waals surface area contributed by atoms with Crippen LogP contribution in [0.4, 0.5) is 0 Å². The number of hydrogen-bond donors (Lipinski definition) is 1. The van der Waals surface area contributed by atoms with Crippen LogP contribution >= 0.6 is 15.9 Å². The molecule has 2 amide bonds. The number of aryl methyl sites for hydroxylation is 1. The van der Waals surface area contributed by atoms with E-state index in [1.165, 1.54) is 0 Å². The summed E-state index contributed by atoms with van der Waals surface area (Å²) in [7, 11) is 0. The first-order valence-electron chi connectivity index (χ1n) is 6.50. The normalized spacial score (nSPS) is 18.8. The molecule has 1 saturated heterocycles. The van der Waals surface area contributed by atoms with Crippen LogP contribution in [0, 0.1) is 0 Å². The number of aromatic nitrogens is 1. The van der Waals surface area contributed by atoms with Gasteiger partial charge in [0.2, 0.25) is 5.91 Å². The second-order valence-corrected chi connectivity index (χ2v) is 5.71. The first-order valence-corrected chi connectivity index (χ1v) is 7.30. The highest BCUT2D eigenvalue weighted by molar-refractivity contribution is 9.10. The fourth-order valence-corrected chi connectivity index (χ4v) is 3.00. The van der Waals surface area contributed by atoms with Crippen molar-refractivity contribution in [3.8, 4) is 0 Å². The van der Waals surface area contributed by atoms with E-state index < -0.39 is 11.9 Å². The maximum Gasteiger partial charge on any atom is 0.271 e. The Morgan fingerprint density at radius 1 is 1.53 bits per heavy atom. The Balaban J connectivity index is 2.26. The van der Waals surface area contributed by atoms with Crippen LogP contribution in [0.25, 0.3) is 0 Å². The lowest BCUT2D eigenvalue weighted by Gasteiger charge is -2.22. The molecular formula is C13H18BrN3O2. The molecule has 1 aromatic rings. The number of primary amides is 1. The highest BCUT2D eigenvalue weighted by Gasteiger charge is 2.34. The van der Waals surface area contributed by atoms with Crippen molar-refractivity contribution >= 4 is 27.7 Å². The average Bonchev–Trinajstić information content (AvgIpc) is 2.95. The van der Waals surface area contributed by atoms with Gasteiger partial charge in [-0.3, -0.25) is 9.59 Å². The van der Waals surface area contributed by atoms with Gasteiger partial charge in [0.05, 0.1) is 0 Å². The van der Waals surface area contributed by atoms with E-state index in [0.717, 1.165) is 23.9 Å². The molecule has 104 valence electrons. The number of carbonyl (C=O) groups excluding carboxylic acids is 2. The zero-order valence-electron chi connectivity index (χ0n) is 10.9. The molecule has 0 radical (unpaired) electrons. The number of halogens is 1. The molecule has 0 bridgehead atoms. The molecule has 5 nitrogen and oxygen atoms in total. The number of nitrogens with two attached hydrogens (primary N) is 1. The molecule has 2 rings (SSSR count). The minimum Gasteiger partial charge on any atom is -0.368 e. The Morgan fingerprint density at radius 3 is 2.89 bits per heavy atom. The summed E-state index contributed by atoms with van der Waals surface area (Å²) in [4.78, 5) is 25.5. The minimum atomic E-state index is -0.462. The quantitative estimate of drug-likeness (QED) is 0.915. The van der Waals surface area contributed by atoms with Crippen molar-refractivity contribution in [1.82, 2.24) is 9.47 Å². The van der Waals surface area contributed by atoms with Crippen molar-refractivity contribution in [2.24, 2.45) is 5.73 Å². The SMILES string of the molecule is CCCn1cc(Br)cc1C(=O)N1CCCC1C(N)=O. The summed E-state index contributed by atoms with van der Waals surface area (Å²) in [6.07, 6.45) is 4.33. The van der Waals surface area contributed by atoms with Gasteiger partial charge in [0.15, 0.2) is 0 Å². The lowest BCUT2D eigenvalue weighted by Crippen LogP contribution is -2.44. The summed E-state index contributed by atoms with van der Waals surface area (Å²) in [6, 6.07) is 1.34. The molecule has 1 atom stereocenters. The highest BCUT2D eigenvalue weighted by Crippen LogP contribution is 2.23. The molecule has 6 heteroatoms.